The van der Waals surface area contributed by atoms with E-state index in [2.05, 4.69) is 25.2 Å². The molecule has 8 nitrogen and oxygen atoms in total. The van der Waals surface area contributed by atoms with Crippen molar-refractivity contribution in [1.29, 1.82) is 0 Å². The Morgan fingerprint density at radius 3 is 2.79 bits per heavy atom. The molecular formula is C13H8F3N7O. The minimum Gasteiger partial charge on any atom is -0.337 e. The Morgan fingerprint density at radius 2 is 2.04 bits per heavy atom. The molecule has 0 saturated heterocycles. The van der Waals surface area contributed by atoms with Gasteiger partial charge in [0, 0.05) is 12.4 Å². The van der Waals surface area contributed by atoms with Gasteiger partial charge in [-0.15, -0.1) is 5.10 Å². The molecule has 0 N–H and O–H groups in total. The molecule has 0 bridgehead atoms. The second-order valence-electron chi connectivity index (χ2n) is 4.87. The van der Waals surface area contributed by atoms with Gasteiger partial charge in [0.1, 0.15) is 24.2 Å². The van der Waals surface area contributed by atoms with Crippen molar-refractivity contribution in [1.82, 2.24) is 34.3 Å². The summed E-state index contributed by atoms with van der Waals surface area (Å²) in [4.78, 5) is 11.7. The predicted octanol–water partition coefficient (Wildman–Crippen LogP) is 2.04. The molecule has 0 aliphatic rings. The first-order chi connectivity index (χ1) is 11.5. The smallest absolute Gasteiger partial charge is 0.337 e. The summed E-state index contributed by atoms with van der Waals surface area (Å²) in [5.74, 6) is -0.881. The van der Waals surface area contributed by atoms with Crippen molar-refractivity contribution < 1.29 is 17.7 Å². The van der Waals surface area contributed by atoms with Crippen molar-refractivity contribution in [2.75, 3.05) is 0 Å². The van der Waals surface area contributed by atoms with Crippen LogP contribution < -0.4 is 0 Å². The average molecular weight is 335 g/mol. The Kier molecular flexibility index (Phi) is 3.08. The number of hydrogen-bond donors (Lipinski definition) is 0. The van der Waals surface area contributed by atoms with Crippen LogP contribution in [0.3, 0.4) is 0 Å². The number of rotatable bonds is 3. The van der Waals surface area contributed by atoms with Crippen LogP contribution in [-0.4, -0.2) is 34.3 Å². The van der Waals surface area contributed by atoms with Gasteiger partial charge in [0.15, 0.2) is 0 Å². The molecule has 0 spiro atoms. The van der Waals surface area contributed by atoms with Gasteiger partial charge >= 0.3 is 6.18 Å². The van der Waals surface area contributed by atoms with Crippen molar-refractivity contribution >= 4 is 5.65 Å². The summed E-state index contributed by atoms with van der Waals surface area (Å²) in [6.45, 7) is -0.122. The number of fused-ring (bicyclic) bond motifs is 1. The lowest BCUT2D eigenvalue weighted by Gasteiger charge is -1.98. The highest BCUT2D eigenvalue weighted by Crippen LogP contribution is 2.25. The number of alkyl halides is 3. The van der Waals surface area contributed by atoms with Gasteiger partial charge < -0.3 is 8.92 Å². The van der Waals surface area contributed by atoms with Crippen molar-refractivity contribution in [3.63, 3.8) is 0 Å². The molecular weight excluding hydrogens is 327 g/mol. The zero-order valence-corrected chi connectivity index (χ0v) is 11.8. The van der Waals surface area contributed by atoms with Gasteiger partial charge in [-0.1, -0.05) is 11.2 Å². The number of hydrogen-bond acceptors (Lipinski definition) is 6. The maximum absolute atomic E-state index is 12.5. The first-order valence-electron chi connectivity index (χ1n) is 6.72. The van der Waals surface area contributed by atoms with E-state index in [-0.39, 0.29) is 18.3 Å². The molecule has 0 amide bonds. The number of aromatic nitrogens is 7. The number of pyridine rings is 1. The Hall–Kier alpha value is -3.24. The lowest BCUT2D eigenvalue weighted by Crippen LogP contribution is -2.09. The van der Waals surface area contributed by atoms with Gasteiger partial charge in [0.05, 0.1) is 0 Å². The van der Waals surface area contributed by atoms with Gasteiger partial charge in [-0.3, -0.25) is 0 Å². The maximum Gasteiger partial charge on any atom is 0.453 e. The summed E-state index contributed by atoms with van der Waals surface area (Å²) >= 11 is 0. The molecule has 4 rings (SSSR count). The summed E-state index contributed by atoms with van der Waals surface area (Å²) in [7, 11) is 0. The minimum absolute atomic E-state index is 0.0979. The van der Waals surface area contributed by atoms with Crippen molar-refractivity contribution in [3.8, 4) is 11.5 Å². The largest absolute Gasteiger partial charge is 0.453 e. The predicted molar refractivity (Wildman–Crippen MR) is 72.6 cm³/mol. The normalized spacial score (nSPS) is 12.1. The molecule has 4 heterocycles. The lowest BCUT2D eigenvalue weighted by molar-refractivity contribution is -0.145. The third kappa shape index (κ3) is 2.59. The molecule has 0 saturated carbocycles. The van der Waals surface area contributed by atoms with Crippen LogP contribution in [0, 0.1) is 0 Å². The highest BCUT2D eigenvalue weighted by molar-refractivity contribution is 5.54. The van der Waals surface area contributed by atoms with E-state index in [4.69, 9.17) is 4.52 Å². The van der Waals surface area contributed by atoms with E-state index in [1.807, 2.05) is 24.4 Å². The summed E-state index contributed by atoms with van der Waals surface area (Å²) < 4.78 is 45.2. The van der Waals surface area contributed by atoms with Crippen LogP contribution in [0.2, 0.25) is 0 Å². The summed E-state index contributed by atoms with van der Waals surface area (Å²) in [6, 6.07) is 5.51. The van der Waals surface area contributed by atoms with E-state index < -0.39 is 12.0 Å². The molecule has 122 valence electrons. The van der Waals surface area contributed by atoms with E-state index >= 15 is 0 Å². The van der Waals surface area contributed by atoms with E-state index in [1.165, 1.54) is 0 Å². The molecule has 0 aromatic carbocycles. The van der Waals surface area contributed by atoms with Gasteiger partial charge in [-0.05, 0) is 12.1 Å². The highest BCUT2D eigenvalue weighted by atomic mass is 19.4. The fraction of sp³-hybridized carbons (Fsp3) is 0.154. The number of nitrogens with zero attached hydrogens (tertiary/aromatic N) is 7. The van der Waals surface area contributed by atoms with Crippen LogP contribution in [0.1, 0.15) is 11.7 Å². The standard InChI is InChI=1S/C13H8F3N7O/c14-13(15,16)12-17-7-23(20-12)6-10-19-11(21-24-10)8-5-22-4-2-1-3-9(22)18-8/h1-5,7H,6H2. The monoisotopic (exact) mass is 335 g/mol. The molecule has 0 radical (unpaired) electrons. The van der Waals surface area contributed by atoms with Crippen LogP contribution in [0.15, 0.2) is 41.4 Å². The summed E-state index contributed by atoms with van der Waals surface area (Å²) in [5.41, 5.74) is 1.20. The maximum atomic E-state index is 12.5. The molecule has 0 fully saturated rings. The van der Waals surface area contributed by atoms with Gasteiger partial charge in [-0.2, -0.15) is 18.2 Å². The molecule has 0 aliphatic heterocycles. The summed E-state index contributed by atoms with van der Waals surface area (Å²) in [6.07, 6.45) is -0.0957. The minimum atomic E-state index is -4.60. The second-order valence-corrected chi connectivity index (χ2v) is 4.87. The molecule has 0 atom stereocenters. The van der Waals surface area contributed by atoms with Gasteiger partial charge in [-0.25, -0.2) is 14.6 Å². The topological polar surface area (TPSA) is 86.9 Å². The zero-order valence-electron chi connectivity index (χ0n) is 11.8. The van der Waals surface area contributed by atoms with E-state index in [0.717, 1.165) is 11.0 Å². The molecule has 4 aromatic heterocycles. The Bertz CT molecular complexity index is 967. The van der Waals surface area contributed by atoms with Crippen molar-refractivity contribution in [2.24, 2.45) is 0 Å². The Labute approximate surface area is 131 Å². The quantitative estimate of drug-likeness (QED) is 0.569. The van der Waals surface area contributed by atoms with Crippen molar-refractivity contribution in [3.05, 3.63) is 48.6 Å². The van der Waals surface area contributed by atoms with Crippen LogP contribution in [0.5, 0.6) is 0 Å². The molecule has 0 unspecified atom stereocenters. The van der Waals surface area contributed by atoms with Crippen LogP contribution in [-0.2, 0) is 12.7 Å². The van der Waals surface area contributed by atoms with Crippen LogP contribution in [0.25, 0.3) is 17.2 Å². The molecule has 11 heteroatoms. The zero-order chi connectivity index (χ0) is 16.7. The molecule has 24 heavy (non-hydrogen) atoms. The molecule has 4 aromatic rings. The lowest BCUT2D eigenvalue weighted by atomic mass is 10.4. The number of halogens is 3. The highest BCUT2D eigenvalue weighted by Gasteiger charge is 2.35. The second kappa shape index (κ2) is 5.15. The van der Waals surface area contributed by atoms with E-state index in [0.29, 0.717) is 11.3 Å². The van der Waals surface area contributed by atoms with Crippen LogP contribution in [0.4, 0.5) is 13.2 Å². The van der Waals surface area contributed by atoms with E-state index in [1.54, 1.807) is 10.6 Å². The summed E-state index contributed by atoms with van der Waals surface area (Å²) in [5, 5.41) is 7.11. The first kappa shape index (κ1) is 14.4. The fourth-order valence-corrected chi connectivity index (χ4v) is 2.10. The van der Waals surface area contributed by atoms with Crippen LogP contribution >= 0.6 is 0 Å². The Balaban J connectivity index is 1.57. The third-order valence-electron chi connectivity index (χ3n) is 3.15. The average Bonchev–Trinajstić information content (AvgIpc) is 3.25. The third-order valence-corrected chi connectivity index (χ3v) is 3.15. The first-order valence-corrected chi connectivity index (χ1v) is 6.72. The number of imidazole rings is 1. The molecule has 0 aliphatic carbocycles. The SMILES string of the molecule is FC(F)(F)c1ncn(Cc2nc(-c3cn4ccccc4n3)no2)n1. The van der Waals surface area contributed by atoms with E-state index in [9.17, 15) is 13.2 Å². The van der Waals surface area contributed by atoms with Crippen molar-refractivity contribution in [2.45, 2.75) is 12.7 Å². The fourth-order valence-electron chi connectivity index (χ4n) is 2.10. The van der Waals surface area contributed by atoms with Gasteiger partial charge in [0.25, 0.3) is 5.82 Å². The van der Waals surface area contributed by atoms with Gasteiger partial charge in [0.2, 0.25) is 11.7 Å². The Morgan fingerprint density at radius 1 is 1.17 bits per heavy atom.